The zero-order chi connectivity index (χ0) is 16.7. The third kappa shape index (κ3) is 3.42. The number of nitrogens with one attached hydrogen (secondary N) is 1. The zero-order valence-corrected chi connectivity index (χ0v) is 15.0. The lowest BCUT2D eigenvalue weighted by Gasteiger charge is -2.18. The molecule has 2 atom stereocenters. The van der Waals surface area contributed by atoms with E-state index >= 15 is 0 Å². The molecule has 4 rings (SSSR count). The first-order valence-electron chi connectivity index (χ1n) is 8.48. The number of halogens is 2. The number of hydrogen-bond acceptors (Lipinski definition) is 2. The maximum Gasteiger partial charge on any atom is 0.256 e. The summed E-state index contributed by atoms with van der Waals surface area (Å²) in [6.45, 7) is 5.41. The normalized spacial score (nSPS) is 21.8. The van der Waals surface area contributed by atoms with Crippen molar-refractivity contribution in [1.29, 1.82) is 0 Å². The van der Waals surface area contributed by atoms with E-state index in [1.807, 2.05) is 37.3 Å². The Kier molecular flexibility index (Phi) is 5.11. The highest BCUT2D eigenvalue weighted by Crippen LogP contribution is 2.29. The summed E-state index contributed by atoms with van der Waals surface area (Å²) in [6.07, 6.45) is 0. The quantitative estimate of drug-likeness (QED) is 0.888. The lowest BCUT2D eigenvalue weighted by Crippen LogP contribution is -2.32. The van der Waals surface area contributed by atoms with E-state index < -0.39 is 5.82 Å². The van der Waals surface area contributed by atoms with Crippen LogP contribution in [0.4, 0.5) is 4.39 Å². The molecular formula is C20H22ClFN2O. The van der Waals surface area contributed by atoms with Crippen LogP contribution in [0.5, 0.6) is 0 Å². The Morgan fingerprint density at radius 3 is 2.24 bits per heavy atom. The first-order valence-corrected chi connectivity index (χ1v) is 8.48. The van der Waals surface area contributed by atoms with Crippen molar-refractivity contribution in [1.82, 2.24) is 10.2 Å². The minimum atomic E-state index is -0.437. The van der Waals surface area contributed by atoms with E-state index in [0.29, 0.717) is 11.8 Å². The number of fused-ring (bicyclic) bond motifs is 1. The minimum Gasteiger partial charge on any atom is -0.338 e. The molecule has 0 unspecified atom stereocenters. The predicted octanol–water partition coefficient (Wildman–Crippen LogP) is 3.51. The lowest BCUT2D eigenvalue weighted by molar-refractivity contribution is 0.0777. The van der Waals surface area contributed by atoms with Crippen molar-refractivity contribution in [3.8, 4) is 11.1 Å². The van der Waals surface area contributed by atoms with Crippen LogP contribution in [-0.2, 0) is 0 Å². The molecule has 132 valence electrons. The molecule has 0 spiro atoms. The highest BCUT2D eigenvalue weighted by molar-refractivity contribution is 5.95. The molecule has 2 aromatic rings. The van der Waals surface area contributed by atoms with Gasteiger partial charge < -0.3 is 10.2 Å². The molecule has 0 aliphatic carbocycles. The second-order valence-corrected chi connectivity index (χ2v) is 6.95. The summed E-state index contributed by atoms with van der Waals surface area (Å²) in [5, 5.41) is 3.35. The summed E-state index contributed by atoms with van der Waals surface area (Å²) in [5.74, 6) is 0.415. The molecule has 2 fully saturated rings. The highest BCUT2D eigenvalue weighted by Gasteiger charge is 2.38. The molecule has 1 amide bonds. The topological polar surface area (TPSA) is 32.3 Å². The van der Waals surface area contributed by atoms with E-state index in [4.69, 9.17) is 0 Å². The maximum atomic E-state index is 14.5. The monoisotopic (exact) mass is 360 g/mol. The summed E-state index contributed by atoms with van der Waals surface area (Å²) < 4.78 is 14.5. The fraction of sp³-hybridized carbons (Fsp3) is 0.350. The molecule has 0 aromatic heterocycles. The molecule has 25 heavy (non-hydrogen) atoms. The van der Waals surface area contributed by atoms with E-state index in [1.165, 1.54) is 11.6 Å². The molecule has 0 saturated carbocycles. The van der Waals surface area contributed by atoms with E-state index in [0.717, 1.165) is 37.3 Å². The van der Waals surface area contributed by atoms with Gasteiger partial charge in [0.2, 0.25) is 0 Å². The first kappa shape index (κ1) is 17.9. The fourth-order valence-electron chi connectivity index (χ4n) is 3.81. The van der Waals surface area contributed by atoms with Crippen molar-refractivity contribution in [3.63, 3.8) is 0 Å². The molecule has 2 aromatic carbocycles. The van der Waals surface area contributed by atoms with Gasteiger partial charge in [-0.1, -0.05) is 35.9 Å². The Morgan fingerprint density at radius 1 is 1.04 bits per heavy atom. The standard InChI is InChI=1S/C20H21FN2O.ClH/c1-13-2-4-14(5-3-13)15-6-7-18(19(21)8-15)20(24)23-11-16-9-22-10-17(16)12-23;/h2-8,16-17,22H,9-12H2,1H3;1H/t16-,17+;. The van der Waals surface area contributed by atoms with Gasteiger partial charge in [0.1, 0.15) is 5.82 Å². The van der Waals surface area contributed by atoms with Crippen molar-refractivity contribution in [2.45, 2.75) is 6.92 Å². The average Bonchev–Trinajstić information content (AvgIpc) is 3.16. The number of benzene rings is 2. The van der Waals surface area contributed by atoms with Gasteiger partial charge in [-0.3, -0.25) is 4.79 Å². The Balaban J connectivity index is 0.00000182. The second kappa shape index (κ2) is 7.14. The van der Waals surface area contributed by atoms with Gasteiger partial charge in [0.05, 0.1) is 5.56 Å². The van der Waals surface area contributed by atoms with E-state index in [2.05, 4.69) is 5.32 Å². The molecule has 5 heteroatoms. The van der Waals surface area contributed by atoms with Crippen LogP contribution >= 0.6 is 12.4 Å². The summed E-state index contributed by atoms with van der Waals surface area (Å²) in [6, 6.07) is 12.9. The first-order chi connectivity index (χ1) is 11.6. The van der Waals surface area contributed by atoms with E-state index in [9.17, 15) is 9.18 Å². The molecule has 0 radical (unpaired) electrons. The number of amides is 1. The second-order valence-electron chi connectivity index (χ2n) is 6.95. The molecule has 1 N–H and O–H groups in total. The number of hydrogen-bond donors (Lipinski definition) is 1. The van der Waals surface area contributed by atoms with Crippen molar-refractivity contribution in [2.75, 3.05) is 26.2 Å². The number of nitrogens with zero attached hydrogens (tertiary/aromatic N) is 1. The van der Waals surface area contributed by atoms with Crippen molar-refractivity contribution in [2.24, 2.45) is 11.8 Å². The number of carbonyl (C=O) groups excluding carboxylic acids is 1. The van der Waals surface area contributed by atoms with Crippen LogP contribution in [-0.4, -0.2) is 37.0 Å². The third-order valence-electron chi connectivity index (χ3n) is 5.26. The maximum absolute atomic E-state index is 14.5. The average molecular weight is 361 g/mol. The molecular weight excluding hydrogens is 339 g/mol. The number of aryl methyl sites for hydroxylation is 1. The van der Waals surface area contributed by atoms with Crippen molar-refractivity contribution >= 4 is 18.3 Å². The number of rotatable bonds is 2. The molecule has 2 heterocycles. The van der Waals surface area contributed by atoms with Crippen LogP contribution in [0.25, 0.3) is 11.1 Å². The molecule has 3 nitrogen and oxygen atoms in total. The molecule has 2 aliphatic heterocycles. The summed E-state index contributed by atoms with van der Waals surface area (Å²) >= 11 is 0. The highest BCUT2D eigenvalue weighted by atomic mass is 35.5. The van der Waals surface area contributed by atoms with Gasteiger partial charge in [-0.15, -0.1) is 12.4 Å². The summed E-state index contributed by atoms with van der Waals surface area (Å²) in [5.41, 5.74) is 3.10. The Morgan fingerprint density at radius 2 is 1.64 bits per heavy atom. The SMILES string of the molecule is Cc1ccc(-c2ccc(C(=O)N3C[C@H]4CNC[C@H]4C3)c(F)c2)cc1.Cl. The molecule has 2 saturated heterocycles. The van der Waals surface area contributed by atoms with Crippen molar-refractivity contribution < 1.29 is 9.18 Å². The fourth-order valence-corrected chi connectivity index (χ4v) is 3.81. The van der Waals surface area contributed by atoms with Crippen LogP contribution in [0.1, 0.15) is 15.9 Å². The van der Waals surface area contributed by atoms with Crippen LogP contribution < -0.4 is 5.32 Å². The van der Waals surface area contributed by atoms with Crippen LogP contribution in [0.2, 0.25) is 0 Å². The number of likely N-dealkylation sites (tertiary alicyclic amines) is 1. The van der Waals surface area contributed by atoms with Crippen LogP contribution in [0, 0.1) is 24.6 Å². The van der Waals surface area contributed by atoms with E-state index in [-0.39, 0.29) is 23.9 Å². The van der Waals surface area contributed by atoms with Gasteiger partial charge in [0, 0.05) is 26.2 Å². The van der Waals surface area contributed by atoms with Gasteiger partial charge in [0.15, 0.2) is 0 Å². The smallest absolute Gasteiger partial charge is 0.256 e. The van der Waals surface area contributed by atoms with Gasteiger partial charge in [-0.25, -0.2) is 4.39 Å². The Labute approximate surface area is 153 Å². The summed E-state index contributed by atoms with van der Waals surface area (Å²) in [4.78, 5) is 14.5. The summed E-state index contributed by atoms with van der Waals surface area (Å²) in [7, 11) is 0. The van der Waals surface area contributed by atoms with Gasteiger partial charge in [-0.2, -0.15) is 0 Å². The molecule has 2 aliphatic rings. The lowest BCUT2D eigenvalue weighted by atomic mass is 10.0. The van der Waals surface area contributed by atoms with Gasteiger partial charge in [0.25, 0.3) is 5.91 Å². The Hall–Kier alpha value is -1.91. The minimum absolute atomic E-state index is 0. The van der Waals surface area contributed by atoms with Crippen LogP contribution in [0.3, 0.4) is 0 Å². The zero-order valence-electron chi connectivity index (χ0n) is 14.2. The van der Waals surface area contributed by atoms with Gasteiger partial charge >= 0.3 is 0 Å². The molecule has 0 bridgehead atoms. The Bertz CT molecular complexity index is 766. The van der Waals surface area contributed by atoms with Crippen LogP contribution in [0.15, 0.2) is 42.5 Å². The predicted molar refractivity (Wildman–Crippen MR) is 99.6 cm³/mol. The van der Waals surface area contributed by atoms with Gasteiger partial charge in [-0.05, 0) is 42.0 Å². The van der Waals surface area contributed by atoms with E-state index in [1.54, 1.807) is 11.0 Å². The third-order valence-corrected chi connectivity index (χ3v) is 5.26. The largest absolute Gasteiger partial charge is 0.338 e. The number of carbonyl (C=O) groups is 1. The van der Waals surface area contributed by atoms with Crippen molar-refractivity contribution in [3.05, 3.63) is 59.4 Å².